The lowest BCUT2D eigenvalue weighted by Gasteiger charge is -2.10. The van der Waals surface area contributed by atoms with Gasteiger partial charge in [-0.1, -0.05) is 18.2 Å². The summed E-state index contributed by atoms with van der Waals surface area (Å²) in [6.45, 7) is 0. The van der Waals surface area contributed by atoms with Gasteiger partial charge >= 0.3 is 0 Å². The summed E-state index contributed by atoms with van der Waals surface area (Å²) in [6, 6.07) is 10.1. The van der Waals surface area contributed by atoms with Crippen LogP contribution in [0.15, 0.2) is 51.8 Å². The van der Waals surface area contributed by atoms with E-state index in [-0.39, 0.29) is 39.9 Å². The number of halogens is 1. The fraction of sp³-hybridized carbons (Fsp3) is 0.211. The maximum atomic E-state index is 13.7. The predicted molar refractivity (Wildman–Crippen MR) is 102 cm³/mol. The van der Waals surface area contributed by atoms with E-state index in [1.807, 2.05) is 0 Å². The van der Waals surface area contributed by atoms with Crippen molar-refractivity contribution in [3.63, 3.8) is 0 Å². The average molecular weight is 416 g/mol. The summed E-state index contributed by atoms with van der Waals surface area (Å²) < 4.78 is 43.4. The number of nitrogens with zero attached hydrogens (tertiary/aromatic N) is 2. The van der Waals surface area contributed by atoms with Crippen molar-refractivity contribution in [2.75, 3.05) is 5.32 Å². The maximum Gasteiger partial charge on any atom is 0.249 e. The molecular formula is C19H17FN4O4S. The zero-order valence-corrected chi connectivity index (χ0v) is 15.9. The number of primary sulfonamides is 1. The summed E-state index contributed by atoms with van der Waals surface area (Å²) in [4.78, 5) is 12.0. The Bertz CT molecular complexity index is 1190. The lowest BCUT2D eigenvalue weighted by molar-refractivity contribution is -0.115. The second kappa shape index (κ2) is 7.37. The second-order valence-corrected chi connectivity index (χ2v) is 8.32. The number of nitrogens with one attached hydrogen (secondary N) is 1. The first-order valence-electron chi connectivity index (χ1n) is 8.85. The number of carbonyl (C=O) groups is 1. The van der Waals surface area contributed by atoms with Crippen molar-refractivity contribution in [2.45, 2.75) is 30.1 Å². The van der Waals surface area contributed by atoms with Crippen molar-refractivity contribution in [2.24, 2.45) is 5.14 Å². The van der Waals surface area contributed by atoms with E-state index in [2.05, 4.69) is 15.5 Å². The molecule has 3 aromatic rings. The zero-order valence-electron chi connectivity index (χ0n) is 15.1. The van der Waals surface area contributed by atoms with Crippen LogP contribution in [0.2, 0.25) is 0 Å². The molecular weight excluding hydrogens is 399 g/mol. The van der Waals surface area contributed by atoms with Crippen LogP contribution in [0, 0.1) is 5.82 Å². The number of amides is 1. The molecule has 0 unspecified atom stereocenters. The number of anilines is 1. The lowest BCUT2D eigenvalue weighted by Crippen LogP contribution is -2.17. The van der Waals surface area contributed by atoms with E-state index in [0.717, 1.165) is 12.8 Å². The molecule has 0 aliphatic heterocycles. The molecule has 2 aromatic carbocycles. The SMILES string of the molecule is NS(=O)(=O)c1cc(NC(=O)Cc2ccccc2F)ccc1-c1nnc(C2CC2)o1. The van der Waals surface area contributed by atoms with Crippen molar-refractivity contribution in [1.82, 2.24) is 10.2 Å². The third kappa shape index (κ3) is 4.33. The predicted octanol–water partition coefficient (Wildman–Crippen LogP) is 2.58. The monoisotopic (exact) mass is 416 g/mol. The highest BCUT2D eigenvalue weighted by Crippen LogP contribution is 2.40. The molecule has 4 rings (SSSR count). The topological polar surface area (TPSA) is 128 Å². The summed E-state index contributed by atoms with van der Waals surface area (Å²) >= 11 is 0. The first kappa shape index (κ1) is 19.2. The molecule has 8 nitrogen and oxygen atoms in total. The first-order chi connectivity index (χ1) is 13.8. The molecule has 0 spiro atoms. The van der Waals surface area contributed by atoms with Crippen LogP contribution in [-0.2, 0) is 21.2 Å². The van der Waals surface area contributed by atoms with Crippen molar-refractivity contribution in [3.05, 3.63) is 59.7 Å². The lowest BCUT2D eigenvalue weighted by atomic mass is 10.1. The molecule has 3 N–H and O–H groups in total. The number of aromatic nitrogens is 2. The van der Waals surface area contributed by atoms with Crippen LogP contribution in [0.25, 0.3) is 11.5 Å². The number of hydrogen-bond donors (Lipinski definition) is 2. The third-order valence-electron chi connectivity index (χ3n) is 4.48. The standard InChI is InChI=1S/C19H17FN4O4S/c20-15-4-2-1-3-12(15)9-17(25)22-13-7-8-14(16(10-13)29(21,26)27)19-24-23-18(28-19)11-5-6-11/h1-4,7-8,10-11H,5-6,9H2,(H,22,25)(H2,21,26,27). The molecule has 1 aliphatic rings. The quantitative estimate of drug-likeness (QED) is 0.636. The van der Waals surface area contributed by atoms with E-state index in [4.69, 9.17) is 9.56 Å². The minimum absolute atomic E-state index is 0.0418. The summed E-state index contributed by atoms with van der Waals surface area (Å²) in [7, 11) is -4.14. The van der Waals surface area contributed by atoms with Gasteiger partial charge in [-0.3, -0.25) is 4.79 Å². The van der Waals surface area contributed by atoms with E-state index in [9.17, 15) is 17.6 Å². The molecule has 1 aromatic heterocycles. The Hall–Kier alpha value is -3.11. The molecule has 1 saturated carbocycles. The van der Waals surface area contributed by atoms with Gasteiger partial charge < -0.3 is 9.73 Å². The fourth-order valence-electron chi connectivity index (χ4n) is 2.87. The molecule has 0 radical (unpaired) electrons. The average Bonchev–Trinajstić information content (AvgIpc) is 3.40. The van der Waals surface area contributed by atoms with Gasteiger partial charge in [-0.25, -0.2) is 17.9 Å². The Labute approximate surface area is 166 Å². The highest BCUT2D eigenvalue weighted by atomic mass is 32.2. The number of rotatable bonds is 6. The molecule has 1 aliphatic carbocycles. The van der Waals surface area contributed by atoms with Gasteiger partial charge in [0.2, 0.25) is 27.7 Å². The molecule has 150 valence electrons. The highest BCUT2D eigenvalue weighted by Gasteiger charge is 2.30. The molecule has 10 heteroatoms. The number of nitrogens with two attached hydrogens (primary N) is 1. The Morgan fingerprint density at radius 3 is 2.66 bits per heavy atom. The van der Waals surface area contributed by atoms with Gasteiger partial charge in [-0.05, 0) is 42.7 Å². The van der Waals surface area contributed by atoms with Crippen LogP contribution in [-0.4, -0.2) is 24.5 Å². The Kier molecular flexibility index (Phi) is 4.89. The van der Waals surface area contributed by atoms with Gasteiger partial charge in [-0.2, -0.15) is 0 Å². The van der Waals surface area contributed by atoms with Crippen LogP contribution in [0.5, 0.6) is 0 Å². The number of hydrogen-bond acceptors (Lipinski definition) is 6. The molecule has 29 heavy (non-hydrogen) atoms. The Morgan fingerprint density at radius 1 is 1.21 bits per heavy atom. The smallest absolute Gasteiger partial charge is 0.249 e. The van der Waals surface area contributed by atoms with E-state index in [0.29, 0.717) is 5.89 Å². The summed E-state index contributed by atoms with van der Waals surface area (Å²) in [5, 5.41) is 15.7. The van der Waals surface area contributed by atoms with Crippen molar-refractivity contribution in [1.29, 1.82) is 0 Å². The van der Waals surface area contributed by atoms with Crippen molar-refractivity contribution < 1.29 is 22.0 Å². The zero-order chi connectivity index (χ0) is 20.6. The van der Waals surface area contributed by atoms with Crippen LogP contribution in [0.1, 0.15) is 30.2 Å². The number of sulfonamides is 1. The van der Waals surface area contributed by atoms with Gasteiger partial charge in [0.05, 0.1) is 16.9 Å². The summed E-state index contributed by atoms with van der Waals surface area (Å²) in [5.41, 5.74) is 0.576. The summed E-state index contributed by atoms with van der Waals surface area (Å²) in [6.07, 6.45) is 1.71. The molecule has 0 saturated heterocycles. The Morgan fingerprint density at radius 2 is 1.97 bits per heavy atom. The van der Waals surface area contributed by atoms with E-state index in [1.165, 1.54) is 36.4 Å². The number of benzene rings is 2. The molecule has 0 atom stereocenters. The van der Waals surface area contributed by atoms with Gasteiger partial charge in [0.25, 0.3) is 0 Å². The van der Waals surface area contributed by atoms with E-state index >= 15 is 0 Å². The van der Waals surface area contributed by atoms with Gasteiger partial charge in [0, 0.05) is 11.6 Å². The van der Waals surface area contributed by atoms with Crippen LogP contribution in [0.4, 0.5) is 10.1 Å². The van der Waals surface area contributed by atoms with Gasteiger partial charge in [0.1, 0.15) is 5.82 Å². The second-order valence-electron chi connectivity index (χ2n) is 6.79. The van der Waals surface area contributed by atoms with Crippen LogP contribution in [0.3, 0.4) is 0 Å². The number of carbonyl (C=O) groups excluding carboxylic acids is 1. The summed E-state index contributed by atoms with van der Waals surface area (Å²) in [5.74, 6) is -0.281. The van der Waals surface area contributed by atoms with Gasteiger partial charge in [-0.15, -0.1) is 10.2 Å². The molecule has 1 heterocycles. The Balaban J connectivity index is 1.60. The van der Waals surface area contributed by atoms with Gasteiger partial charge in [0.15, 0.2) is 0 Å². The first-order valence-corrected chi connectivity index (χ1v) is 10.4. The molecule has 1 amide bonds. The van der Waals surface area contributed by atoms with E-state index in [1.54, 1.807) is 6.07 Å². The normalized spacial score (nSPS) is 14.0. The minimum Gasteiger partial charge on any atom is -0.420 e. The van der Waals surface area contributed by atoms with Crippen LogP contribution < -0.4 is 10.5 Å². The third-order valence-corrected chi connectivity index (χ3v) is 5.43. The van der Waals surface area contributed by atoms with Crippen molar-refractivity contribution in [3.8, 4) is 11.5 Å². The fourth-order valence-corrected chi connectivity index (χ4v) is 3.62. The van der Waals surface area contributed by atoms with Crippen LogP contribution >= 0.6 is 0 Å². The molecule has 0 bridgehead atoms. The maximum absolute atomic E-state index is 13.7. The van der Waals surface area contributed by atoms with E-state index < -0.39 is 21.7 Å². The van der Waals surface area contributed by atoms with Crippen molar-refractivity contribution >= 4 is 21.6 Å². The minimum atomic E-state index is -4.14. The largest absolute Gasteiger partial charge is 0.420 e. The molecule has 1 fully saturated rings. The highest BCUT2D eigenvalue weighted by molar-refractivity contribution is 7.89.